The molecule has 5 heteroatoms. The smallest absolute Gasteiger partial charge is 0.258 e. The highest BCUT2D eigenvalue weighted by molar-refractivity contribution is 5.77. The summed E-state index contributed by atoms with van der Waals surface area (Å²) in [5.74, 6) is 0.117. The SMILES string of the molecule is Cc1ccc([C@H](C)O)c(OCC(=O)NCC#N)c1. The topological polar surface area (TPSA) is 82.3 Å². The van der Waals surface area contributed by atoms with Crippen molar-refractivity contribution in [2.24, 2.45) is 0 Å². The first-order valence-corrected chi connectivity index (χ1v) is 5.59. The molecule has 0 fully saturated rings. The molecule has 5 nitrogen and oxygen atoms in total. The first kappa shape index (κ1) is 14.0. The number of carbonyl (C=O) groups is 1. The normalized spacial score (nSPS) is 11.4. The molecular formula is C13H16N2O3. The number of hydrogen-bond donors (Lipinski definition) is 2. The Morgan fingerprint density at radius 3 is 2.94 bits per heavy atom. The van der Waals surface area contributed by atoms with E-state index in [0.717, 1.165) is 5.56 Å². The molecule has 0 heterocycles. The Morgan fingerprint density at radius 1 is 1.61 bits per heavy atom. The molecule has 1 aromatic rings. The van der Waals surface area contributed by atoms with Crippen LogP contribution in [0.3, 0.4) is 0 Å². The lowest BCUT2D eigenvalue weighted by Crippen LogP contribution is -2.29. The Hall–Kier alpha value is -2.06. The van der Waals surface area contributed by atoms with E-state index in [1.54, 1.807) is 19.1 Å². The summed E-state index contributed by atoms with van der Waals surface area (Å²) in [7, 11) is 0. The summed E-state index contributed by atoms with van der Waals surface area (Å²) in [5, 5.41) is 20.3. The number of aliphatic hydroxyl groups excluding tert-OH is 1. The maximum absolute atomic E-state index is 11.3. The van der Waals surface area contributed by atoms with Crippen molar-refractivity contribution in [3.05, 3.63) is 29.3 Å². The Kier molecular flexibility index (Phi) is 5.15. The average Bonchev–Trinajstić information content (AvgIpc) is 2.33. The van der Waals surface area contributed by atoms with Crippen LogP contribution in [0, 0.1) is 18.3 Å². The molecule has 96 valence electrons. The van der Waals surface area contributed by atoms with Gasteiger partial charge in [-0.1, -0.05) is 12.1 Å². The molecule has 0 aliphatic rings. The zero-order chi connectivity index (χ0) is 13.5. The molecule has 0 aliphatic carbocycles. The largest absolute Gasteiger partial charge is 0.483 e. The van der Waals surface area contributed by atoms with E-state index >= 15 is 0 Å². The van der Waals surface area contributed by atoms with Gasteiger partial charge in [0, 0.05) is 5.56 Å². The second-order valence-electron chi connectivity index (χ2n) is 3.94. The van der Waals surface area contributed by atoms with Gasteiger partial charge in [-0.3, -0.25) is 4.79 Å². The van der Waals surface area contributed by atoms with Crippen LogP contribution in [0.1, 0.15) is 24.2 Å². The number of nitriles is 1. The molecule has 1 rings (SSSR count). The molecule has 0 unspecified atom stereocenters. The lowest BCUT2D eigenvalue weighted by Gasteiger charge is -2.13. The Morgan fingerprint density at radius 2 is 2.33 bits per heavy atom. The number of aryl methyl sites for hydroxylation is 1. The number of carbonyl (C=O) groups excluding carboxylic acids is 1. The minimum atomic E-state index is -0.664. The predicted molar refractivity (Wildman–Crippen MR) is 65.9 cm³/mol. The zero-order valence-electron chi connectivity index (χ0n) is 10.4. The lowest BCUT2D eigenvalue weighted by molar-refractivity contribution is -0.122. The predicted octanol–water partition coefficient (Wildman–Crippen LogP) is 1.07. The van der Waals surface area contributed by atoms with Gasteiger partial charge in [0.1, 0.15) is 12.3 Å². The average molecular weight is 248 g/mol. The molecule has 0 bridgehead atoms. The van der Waals surface area contributed by atoms with Crippen molar-refractivity contribution in [2.45, 2.75) is 20.0 Å². The van der Waals surface area contributed by atoms with Gasteiger partial charge in [-0.05, 0) is 25.5 Å². The van der Waals surface area contributed by atoms with Crippen molar-refractivity contribution in [2.75, 3.05) is 13.2 Å². The van der Waals surface area contributed by atoms with Crippen molar-refractivity contribution in [1.82, 2.24) is 5.32 Å². The number of nitrogens with zero attached hydrogens (tertiary/aromatic N) is 1. The monoisotopic (exact) mass is 248 g/mol. The van der Waals surface area contributed by atoms with Crippen molar-refractivity contribution in [1.29, 1.82) is 5.26 Å². The van der Waals surface area contributed by atoms with Gasteiger partial charge < -0.3 is 15.2 Å². The van der Waals surface area contributed by atoms with Crippen molar-refractivity contribution in [3.8, 4) is 11.8 Å². The molecule has 1 aromatic carbocycles. The van der Waals surface area contributed by atoms with E-state index < -0.39 is 6.10 Å². The maximum Gasteiger partial charge on any atom is 0.258 e. The second-order valence-corrected chi connectivity index (χ2v) is 3.94. The molecule has 0 saturated carbocycles. The molecule has 18 heavy (non-hydrogen) atoms. The van der Waals surface area contributed by atoms with E-state index in [1.165, 1.54) is 0 Å². The van der Waals surface area contributed by atoms with Crippen LogP contribution in [0.15, 0.2) is 18.2 Å². The Bertz CT molecular complexity index is 464. The third-order valence-corrected chi connectivity index (χ3v) is 2.34. The maximum atomic E-state index is 11.3. The summed E-state index contributed by atoms with van der Waals surface area (Å²) in [6.07, 6.45) is -0.664. The highest BCUT2D eigenvalue weighted by Gasteiger charge is 2.10. The van der Waals surface area contributed by atoms with Crippen LogP contribution < -0.4 is 10.1 Å². The second kappa shape index (κ2) is 6.62. The van der Waals surface area contributed by atoms with Gasteiger partial charge in [0.2, 0.25) is 0 Å². The van der Waals surface area contributed by atoms with Crippen LogP contribution in [0.5, 0.6) is 5.75 Å². The molecule has 2 N–H and O–H groups in total. The van der Waals surface area contributed by atoms with Crippen LogP contribution in [-0.4, -0.2) is 24.2 Å². The van der Waals surface area contributed by atoms with Gasteiger partial charge >= 0.3 is 0 Å². The fraction of sp³-hybridized carbons (Fsp3) is 0.385. The van der Waals surface area contributed by atoms with Crippen molar-refractivity contribution >= 4 is 5.91 Å². The van der Waals surface area contributed by atoms with E-state index in [1.807, 2.05) is 19.1 Å². The van der Waals surface area contributed by atoms with Gasteiger partial charge in [0.15, 0.2) is 6.61 Å². The molecule has 1 atom stereocenters. The fourth-order valence-corrected chi connectivity index (χ4v) is 1.44. The molecule has 0 radical (unpaired) electrons. The first-order chi connectivity index (χ1) is 8.54. The number of nitrogens with one attached hydrogen (secondary N) is 1. The number of aliphatic hydroxyl groups is 1. The van der Waals surface area contributed by atoms with Crippen LogP contribution in [0.2, 0.25) is 0 Å². The van der Waals surface area contributed by atoms with E-state index in [4.69, 9.17) is 10.00 Å². The van der Waals surface area contributed by atoms with Crippen LogP contribution in [0.4, 0.5) is 0 Å². The Balaban J connectivity index is 2.69. The summed E-state index contributed by atoms with van der Waals surface area (Å²) in [6, 6.07) is 7.20. The van der Waals surface area contributed by atoms with E-state index in [-0.39, 0.29) is 19.1 Å². The molecule has 1 amide bonds. The van der Waals surface area contributed by atoms with Crippen molar-refractivity contribution < 1.29 is 14.6 Å². The van der Waals surface area contributed by atoms with Crippen molar-refractivity contribution in [3.63, 3.8) is 0 Å². The Labute approximate surface area is 106 Å². The van der Waals surface area contributed by atoms with Gasteiger partial charge in [0.05, 0.1) is 12.2 Å². The third kappa shape index (κ3) is 4.07. The third-order valence-electron chi connectivity index (χ3n) is 2.34. The summed E-state index contributed by atoms with van der Waals surface area (Å²) in [4.78, 5) is 11.3. The quantitative estimate of drug-likeness (QED) is 0.763. The number of ether oxygens (including phenoxy) is 1. The summed E-state index contributed by atoms with van der Waals surface area (Å²) < 4.78 is 5.36. The summed E-state index contributed by atoms with van der Waals surface area (Å²) in [5.41, 5.74) is 1.61. The molecular weight excluding hydrogens is 232 g/mol. The number of amides is 1. The lowest BCUT2D eigenvalue weighted by atomic mass is 10.1. The molecule has 0 saturated heterocycles. The number of rotatable bonds is 5. The first-order valence-electron chi connectivity index (χ1n) is 5.59. The fourth-order valence-electron chi connectivity index (χ4n) is 1.44. The van der Waals surface area contributed by atoms with Gasteiger partial charge in [-0.25, -0.2) is 0 Å². The minimum absolute atomic E-state index is 0.0424. The van der Waals surface area contributed by atoms with Gasteiger partial charge in [-0.2, -0.15) is 5.26 Å². The highest BCUT2D eigenvalue weighted by Crippen LogP contribution is 2.26. The van der Waals surface area contributed by atoms with Crippen LogP contribution >= 0.6 is 0 Å². The minimum Gasteiger partial charge on any atom is -0.483 e. The molecule has 0 aromatic heterocycles. The van der Waals surface area contributed by atoms with E-state index in [2.05, 4.69) is 5.32 Å². The summed E-state index contributed by atoms with van der Waals surface area (Å²) in [6.45, 7) is 3.31. The van der Waals surface area contributed by atoms with E-state index in [0.29, 0.717) is 11.3 Å². The van der Waals surface area contributed by atoms with Crippen LogP contribution in [0.25, 0.3) is 0 Å². The number of benzene rings is 1. The van der Waals surface area contributed by atoms with Gasteiger partial charge in [-0.15, -0.1) is 0 Å². The van der Waals surface area contributed by atoms with Crippen LogP contribution in [-0.2, 0) is 4.79 Å². The van der Waals surface area contributed by atoms with E-state index in [9.17, 15) is 9.90 Å². The molecule has 0 spiro atoms. The standard InChI is InChI=1S/C13H16N2O3/c1-9-3-4-11(10(2)16)12(7-9)18-8-13(17)15-6-5-14/h3-4,7,10,16H,6,8H2,1-2H3,(H,15,17)/t10-/m0/s1. The highest BCUT2D eigenvalue weighted by atomic mass is 16.5. The molecule has 0 aliphatic heterocycles. The number of hydrogen-bond acceptors (Lipinski definition) is 4. The van der Waals surface area contributed by atoms with Gasteiger partial charge in [0.25, 0.3) is 5.91 Å². The summed E-state index contributed by atoms with van der Waals surface area (Å²) >= 11 is 0. The zero-order valence-corrected chi connectivity index (χ0v) is 10.4.